The van der Waals surface area contributed by atoms with Gasteiger partial charge in [0.05, 0.1) is 21.9 Å². The van der Waals surface area contributed by atoms with E-state index in [1.807, 2.05) is 73.8 Å². The van der Waals surface area contributed by atoms with E-state index in [-0.39, 0.29) is 0 Å². The third-order valence-electron chi connectivity index (χ3n) is 4.85. The van der Waals surface area contributed by atoms with Crippen molar-refractivity contribution in [3.63, 3.8) is 0 Å². The first-order valence-corrected chi connectivity index (χ1v) is 10.4. The van der Waals surface area contributed by atoms with Crippen LogP contribution in [0.15, 0.2) is 77.8 Å². The standard InChI is InChI=1S/C23H20N2O2S/c1-2-28(27)18-10-8-16(9-11-18)21-14-25-22-19(21)12-17(13-20(22)23(24)26)15-6-4-3-5-7-15/h3-14,25H,2H2,1H3,(H2,24,26). The van der Waals surface area contributed by atoms with Crippen molar-refractivity contribution >= 4 is 27.6 Å². The Morgan fingerprint density at radius 3 is 2.32 bits per heavy atom. The fourth-order valence-electron chi connectivity index (χ4n) is 3.42. The zero-order valence-electron chi connectivity index (χ0n) is 15.4. The highest BCUT2D eigenvalue weighted by Crippen LogP contribution is 2.34. The van der Waals surface area contributed by atoms with E-state index in [1.165, 1.54) is 0 Å². The molecule has 0 saturated heterocycles. The van der Waals surface area contributed by atoms with Crippen LogP contribution in [0.5, 0.6) is 0 Å². The summed E-state index contributed by atoms with van der Waals surface area (Å²) < 4.78 is 12.0. The van der Waals surface area contributed by atoms with Crippen molar-refractivity contribution in [2.75, 3.05) is 5.75 Å². The van der Waals surface area contributed by atoms with Gasteiger partial charge in [0.2, 0.25) is 0 Å². The number of hydrogen-bond acceptors (Lipinski definition) is 2. The zero-order valence-corrected chi connectivity index (χ0v) is 16.3. The molecule has 0 spiro atoms. The van der Waals surface area contributed by atoms with Crippen molar-refractivity contribution in [2.45, 2.75) is 11.8 Å². The van der Waals surface area contributed by atoms with Gasteiger partial charge in [-0.15, -0.1) is 0 Å². The minimum atomic E-state index is -0.980. The van der Waals surface area contributed by atoms with E-state index in [1.54, 1.807) is 0 Å². The number of nitrogens with one attached hydrogen (secondary N) is 1. The average molecular weight is 388 g/mol. The predicted molar refractivity (Wildman–Crippen MR) is 115 cm³/mol. The van der Waals surface area contributed by atoms with Gasteiger partial charge in [-0.25, -0.2) is 0 Å². The second-order valence-corrected chi connectivity index (χ2v) is 8.28. The van der Waals surface area contributed by atoms with E-state index in [0.29, 0.717) is 11.3 Å². The molecule has 4 rings (SSSR count). The van der Waals surface area contributed by atoms with Gasteiger partial charge in [0.1, 0.15) is 0 Å². The molecule has 3 N–H and O–H groups in total. The van der Waals surface area contributed by atoms with Crippen LogP contribution in [0.25, 0.3) is 33.2 Å². The molecule has 3 aromatic carbocycles. The lowest BCUT2D eigenvalue weighted by Crippen LogP contribution is -2.11. The number of primary amides is 1. The first kappa shape index (κ1) is 18.2. The van der Waals surface area contributed by atoms with Crippen LogP contribution in [-0.2, 0) is 10.8 Å². The van der Waals surface area contributed by atoms with Crippen LogP contribution in [0.2, 0.25) is 0 Å². The quantitative estimate of drug-likeness (QED) is 0.519. The summed E-state index contributed by atoms with van der Waals surface area (Å²) in [5, 5.41) is 0.930. The number of fused-ring (bicyclic) bond motifs is 1. The summed E-state index contributed by atoms with van der Waals surface area (Å²) in [6.07, 6.45) is 1.89. The fraction of sp³-hybridized carbons (Fsp3) is 0.0870. The Kier molecular flexibility index (Phi) is 4.84. The first-order valence-electron chi connectivity index (χ1n) is 9.07. The van der Waals surface area contributed by atoms with Gasteiger partial charge in [0, 0.05) is 27.8 Å². The van der Waals surface area contributed by atoms with E-state index in [4.69, 9.17) is 5.73 Å². The number of nitrogens with two attached hydrogens (primary N) is 1. The van der Waals surface area contributed by atoms with Crippen LogP contribution in [0.3, 0.4) is 0 Å². The lowest BCUT2D eigenvalue weighted by atomic mass is 9.97. The minimum absolute atomic E-state index is 0.464. The number of amides is 1. The Balaban J connectivity index is 1.89. The molecule has 28 heavy (non-hydrogen) atoms. The number of H-pyrrole nitrogens is 1. The summed E-state index contributed by atoms with van der Waals surface area (Å²) >= 11 is 0. The third-order valence-corrected chi connectivity index (χ3v) is 6.17. The molecule has 1 amide bonds. The number of benzene rings is 3. The summed E-state index contributed by atoms with van der Waals surface area (Å²) in [7, 11) is -0.980. The molecule has 4 aromatic rings. The Hall–Kier alpha value is -3.18. The van der Waals surface area contributed by atoms with Crippen LogP contribution >= 0.6 is 0 Å². The highest BCUT2D eigenvalue weighted by atomic mass is 32.2. The molecule has 0 aliphatic carbocycles. The maximum absolute atomic E-state index is 12.1. The maximum Gasteiger partial charge on any atom is 0.250 e. The first-order chi connectivity index (χ1) is 13.6. The smallest absolute Gasteiger partial charge is 0.250 e. The summed E-state index contributed by atoms with van der Waals surface area (Å²) in [5.41, 5.74) is 10.8. The van der Waals surface area contributed by atoms with E-state index in [0.717, 1.165) is 38.1 Å². The highest BCUT2D eigenvalue weighted by molar-refractivity contribution is 7.85. The fourth-order valence-corrected chi connectivity index (χ4v) is 4.19. The van der Waals surface area contributed by atoms with Crippen molar-refractivity contribution in [1.29, 1.82) is 0 Å². The van der Waals surface area contributed by atoms with Crippen molar-refractivity contribution in [2.24, 2.45) is 5.73 Å². The van der Waals surface area contributed by atoms with Crippen molar-refractivity contribution in [3.8, 4) is 22.3 Å². The summed E-state index contributed by atoms with van der Waals surface area (Å²) in [6, 6.07) is 21.5. The van der Waals surface area contributed by atoms with Crippen LogP contribution in [0, 0.1) is 0 Å². The molecule has 1 atom stereocenters. The molecule has 0 fully saturated rings. The van der Waals surface area contributed by atoms with Gasteiger partial charge in [0.25, 0.3) is 5.91 Å². The number of carbonyl (C=O) groups is 1. The predicted octanol–water partition coefficient (Wildman–Crippen LogP) is 4.73. The number of aromatic amines is 1. The number of rotatable bonds is 5. The second kappa shape index (κ2) is 7.44. The van der Waals surface area contributed by atoms with Gasteiger partial charge < -0.3 is 10.7 Å². The van der Waals surface area contributed by atoms with Crippen LogP contribution < -0.4 is 5.73 Å². The van der Waals surface area contributed by atoms with E-state index in [9.17, 15) is 9.00 Å². The largest absolute Gasteiger partial charge is 0.366 e. The van der Waals surface area contributed by atoms with Crippen LogP contribution in [0.1, 0.15) is 17.3 Å². The lowest BCUT2D eigenvalue weighted by Gasteiger charge is -2.08. The molecule has 1 unspecified atom stereocenters. The summed E-state index contributed by atoms with van der Waals surface area (Å²) in [4.78, 5) is 16.1. The normalized spacial score (nSPS) is 12.2. The van der Waals surface area contributed by atoms with Crippen molar-refractivity contribution < 1.29 is 9.00 Å². The van der Waals surface area contributed by atoms with Gasteiger partial charge >= 0.3 is 0 Å². The highest BCUT2D eigenvalue weighted by Gasteiger charge is 2.15. The molecule has 1 heterocycles. The number of carbonyl (C=O) groups excluding carboxylic acids is 1. The minimum Gasteiger partial charge on any atom is -0.366 e. The van der Waals surface area contributed by atoms with Gasteiger partial charge in [-0.1, -0.05) is 49.4 Å². The molecule has 0 saturated carbocycles. The SMILES string of the molecule is CCS(=O)c1ccc(-c2c[nH]c3c(C(N)=O)cc(-c4ccccc4)cc23)cc1. The monoisotopic (exact) mass is 388 g/mol. The summed E-state index contributed by atoms with van der Waals surface area (Å²) in [5.74, 6) is 0.124. The molecule has 140 valence electrons. The van der Waals surface area contributed by atoms with Crippen molar-refractivity contribution in [3.05, 3.63) is 78.5 Å². The van der Waals surface area contributed by atoms with Gasteiger partial charge in [-0.2, -0.15) is 0 Å². The number of aromatic nitrogens is 1. The molecule has 5 heteroatoms. The molecule has 0 radical (unpaired) electrons. The third kappa shape index (κ3) is 3.25. The van der Waals surface area contributed by atoms with Gasteiger partial charge in [0.15, 0.2) is 0 Å². The molecule has 0 bridgehead atoms. The zero-order chi connectivity index (χ0) is 19.7. The molecular weight excluding hydrogens is 368 g/mol. The molecule has 1 aromatic heterocycles. The summed E-state index contributed by atoms with van der Waals surface area (Å²) in [6.45, 7) is 1.90. The molecular formula is C23H20N2O2S. The van der Waals surface area contributed by atoms with E-state index < -0.39 is 16.7 Å². The molecule has 0 aliphatic rings. The maximum atomic E-state index is 12.1. The lowest BCUT2D eigenvalue weighted by molar-refractivity contribution is 0.100. The Morgan fingerprint density at radius 1 is 0.964 bits per heavy atom. The van der Waals surface area contributed by atoms with Crippen molar-refractivity contribution in [1.82, 2.24) is 4.98 Å². The van der Waals surface area contributed by atoms with Gasteiger partial charge in [-0.3, -0.25) is 9.00 Å². The number of hydrogen-bond donors (Lipinski definition) is 2. The Labute approximate surface area is 165 Å². The Morgan fingerprint density at radius 2 is 1.68 bits per heavy atom. The van der Waals surface area contributed by atoms with Crippen LogP contribution in [-0.4, -0.2) is 20.9 Å². The Bertz CT molecular complexity index is 1180. The molecule has 4 nitrogen and oxygen atoms in total. The topological polar surface area (TPSA) is 75.9 Å². The van der Waals surface area contributed by atoms with Crippen LogP contribution in [0.4, 0.5) is 0 Å². The average Bonchev–Trinajstić information content (AvgIpc) is 3.17. The second-order valence-electron chi connectivity index (χ2n) is 6.54. The van der Waals surface area contributed by atoms with E-state index in [2.05, 4.69) is 11.1 Å². The molecule has 0 aliphatic heterocycles. The van der Waals surface area contributed by atoms with Gasteiger partial charge in [-0.05, 0) is 41.0 Å². The van der Waals surface area contributed by atoms with E-state index >= 15 is 0 Å².